The van der Waals surface area contributed by atoms with Gasteiger partial charge in [-0.2, -0.15) is 0 Å². The van der Waals surface area contributed by atoms with Gasteiger partial charge in [-0.25, -0.2) is 8.42 Å². The number of rotatable bonds is 11. The molecule has 0 spiro atoms. The molecule has 0 unspecified atom stereocenters. The Labute approximate surface area is 181 Å². The van der Waals surface area contributed by atoms with Crippen molar-refractivity contribution in [3.63, 3.8) is 0 Å². The zero-order valence-electron chi connectivity index (χ0n) is 17.5. The molecule has 2 aromatic carbocycles. The second-order valence-electron chi connectivity index (χ2n) is 6.68. The highest BCUT2D eigenvalue weighted by Crippen LogP contribution is 2.27. The molecule has 0 aliphatic rings. The van der Waals surface area contributed by atoms with E-state index in [1.54, 1.807) is 18.2 Å². The fourth-order valence-corrected chi connectivity index (χ4v) is 3.87. The Hall–Kier alpha value is -3.34. The van der Waals surface area contributed by atoms with E-state index in [-0.39, 0.29) is 43.2 Å². The van der Waals surface area contributed by atoms with Crippen molar-refractivity contribution in [1.29, 1.82) is 0 Å². The first kappa shape index (κ1) is 23.9. The fraction of sp³-hybridized carbons (Fsp3) is 0.350. The van der Waals surface area contributed by atoms with Crippen LogP contribution in [0.15, 0.2) is 42.5 Å². The van der Waals surface area contributed by atoms with Gasteiger partial charge in [-0.05, 0) is 30.2 Å². The number of sulfonamides is 1. The molecule has 168 valence electrons. The summed E-state index contributed by atoms with van der Waals surface area (Å²) >= 11 is 0. The topological polar surface area (TPSA) is 128 Å². The number of methoxy groups -OCH3 is 2. The van der Waals surface area contributed by atoms with Crippen molar-refractivity contribution in [2.45, 2.75) is 19.4 Å². The molecule has 31 heavy (non-hydrogen) atoms. The Kier molecular flexibility index (Phi) is 8.20. The van der Waals surface area contributed by atoms with Gasteiger partial charge in [0, 0.05) is 31.6 Å². The number of anilines is 1. The average molecular weight is 452 g/mol. The second-order valence-corrected chi connectivity index (χ2v) is 8.59. The van der Waals surface area contributed by atoms with Gasteiger partial charge in [-0.15, -0.1) is 0 Å². The highest BCUT2D eigenvalue weighted by molar-refractivity contribution is 7.92. The quantitative estimate of drug-likeness (QED) is 0.410. The van der Waals surface area contributed by atoms with Crippen LogP contribution < -0.4 is 19.1 Å². The van der Waals surface area contributed by atoms with Crippen LogP contribution in [0.25, 0.3) is 0 Å². The summed E-state index contributed by atoms with van der Waals surface area (Å²) < 4.78 is 35.8. The second kappa shape index (κ2) is 10.6. The van der Waals surface area contributed by atoms with Gasteiger partial charge in [0.15, 0.2) is 11.5 Å². The van der Waals surface area contributed by atoms with Crippen molar-refractivity contribution < 1.29 is 27.6 Å². The number of carbonyl (C=O) groups is 1. The van der Waals surface area contributed by atoms with Crippen molar-refractivity contribution in [2.24, 2.45) is 0 Å². The Morgan fingerprint density at radius 2 is 1.84 bits per heavy atom. The van der Waals surface area contributed by atoms with Gasteiger partial charge in [-0.3, -0.25) is 19.2 Å². The van der Waals surface area contributed by atoms with E-state index in [9.17, 15) is 23.3 Å². The van der Waals surface area contributed by atoms with E-state index in [0.717, 1.165) is 16.1 Å². The van der Waals surface area contributed by atoms with Crippen LogP contribution in [0.4, 0.5) is 11.4 Å². The van der Waals surface area contributed by atoms with Crippen molar-refractivity contribution >= 4 is 27.3 Å². The number of carbonyl (C=O) groups excluding carboxylic acids is 1. The Bertz CT molecular complexity index is 1040. The van der Waals surface area contributed by atoms with Crippen molar-refractivity contribution in [3.05, 3.63) is 58.1 Å². The number of amides is 1. The lowest BCUT2D eigenvalue weighted by atomic mass is 10.2. The number of nitrogens with one attached hydrogen (secondary N) is 1. The minimum Gasteiger partial charge on any atom is -0.493 e. The first-order chi connectivity index (χ1) is 14.7. The molecular formula is C20H25N3O7S. The zero-order valence-corrected chi connectivity index (χ0v) is 18.3. The fourth-order valence-electron chi connectivity index (χ4n) is 2.91. The summed E-state index contributed by atoms with van der Waals surface area (Å²) in [5, 5.41) is 13.7. The number of hydrogen-bond donors (Lipinski definition) is 1. The molecule has 0 heterocycles. The molecule has 0 radical (unpaired) electrons. The van der Waals surface area contributed by atoms with E-state index in [4.69, 9.17) is 9.47 Å². The van der Waals surface area contributed by atoms with E-state index < -0.39 is 14.9 Å². The number of nitro benzene ring substituents is 1. The molecule has 2 rings (SSSR count). The van der Waals surface area contributed by atoms with Crippen LogP contribution in [0, 0.1) is 10.1 Å². The standard InChI is InChI=1S/C20H25N3O7S/c1-29-18-10-9-15(12-19(18)30-2)14-21-20(24)8-5-11-22(31(3,27)28)16-6-4-7-17(13-16)23(25)26/h4,6-7,9-10,12-13H,5,8,11,14H2,1-3H3,(H,21,24). The first-order valence-corrected chi connectivity index (χ1v) is 11.2. The number of nitro groups is 1. The highest BCUT2D eigenvalue weighted by atomic mass is 32.2. The SMILES string of the molecule is COc1ccc(CNC(=O)CCCN(c2cccc([N+](=O)[O-])c2)S(C)(=O)=O)cc1OC. The predicted molar refractivity (Wildman–Crippen MR) is 116 cm³/mol. The smallest absolute Gasteiger partial charge is 0.271 e. The Morgan fingerprint density at radius 1 is 1.13 bits per heavy atom. The van der Waals surface area contributed by atoms with Crippen LogP contribution >= 0.6 is 0 Å². The Morgan fingerprint density at radius 3 is 2.45 bits per heavy atom. The molecule has 0 aliphatic heterocycles. The van der Waals surface area contributed by atoms with Crippen LogP contribution in [0.5, 0.6) is 11.5 Å². The normalized spacial score (nSPS) is 10.9. The molecule has 0 aromatic heterocycles. The van der Waals surface area contributed by atoms with E-state index in [0.29, 0.717) is 11.5 Å². The number of hydrogen-bond acceptors (Lipinski definition) is 7. The molecule has 11 heteroatoms. The monoisotopic (exact) mass is 451 g/mol. The third kappa shape index (κ3) is 6.85. The maximum Gasteiger partial charge on any atom is 0.271 e. The third-order valence-corrected chi connectivity index (χ3v) is 5.63. The number of nitrogens with zero attached hydrogens (tertiary/aromatic N) is 2. The average Bonchev–Trinajstić information content (AvgIpc) is 2.74. The van der Waals surface area contributed by atoms with E-state index >= 15 is 0 Å². The molecule has 0 saturated carbocycles. The molecule has 0 saturated heterocycles. The maximum atomic E-state index is 12.2. The summed E-state index contributed by atoms with van der Waals surface area (Å²) in [7, 11) is -0.617. The molecular weight excluding hydrogens is 426 g/mol. The van der Waals surface area contributed by atoms with E-state index in [1.807, 2.05) is 0 Å². The lowest BCUT2D eigenvalue weighted by Gasteiger charge is -2.22. The summed E-state index contributed by atoms with van der Waals surface area (Å²) in [6.07, 6.45) is 1.35. The summed E-state index contributed by atoms with van der Waals surface area (Å²) in [6.45, 7) is 0.295. The van der Waals surface area contributed by atoms with E-state index in [1.165, 1.54) is 38.5 Å². The Balaban J connectivity index is 1.94. The van der Waals surface area contributed by atoms with Gasteiger partial charge < -0.3 is 14.8 Å². The van der Waals surface area contributed by atoms with Gasteiger partial charge in [0.1, 0.15) is 0 Å². The summed E-state index contributed by atoms with van der Waals surface area (Å²) in [6, 6.07) is 10.7. The van der Waals surface area contributed by atoms with Gasteiger partial charge >= 0.3 is 0 Å². The molecule has 1 amide bonds. The minimum atomic E-state index is -3.67. The molecule has 1 N–H and O–H groups in total. The molecule has 2 aromatic rings. The third-order valence-electron chi connectivity index (χ3n) is 4.43. The number of non-ortho nitro benzene ring substituents is 1. The van der Waals surface area contributed by atoms with Crippen LogP contribution in [0.1, 0.15) is 18.4 Å². The molecule has 0 atom stereocenters. The first-order valence-electron chi connectivity index (χ1n) is 9.35. The summed E-state index contributed by atoms with van der Waals surface area (Å²) in [4.78, 5) is 22.6. The van der Waals surface area contributed by atoms with Gasteiger partial charge in [0.2, 0.25) is 15.9 Å². The minimum absolute atomic E-state index is 0.0176. The van der Waals surface area contributed by atoms with Gasteiger partial charge in [-0.1, -0.05) is 12.1 Å². The van der Waals surface area contributed by atoms with E-state index in [2.05, 4.69) is 5.32 Å². The van der Waals surface area contributed by atoms with Crippen molar-refractivity contribution in [1.82, 2.24) is 5.32 Å². The van der Waals surface area contributed by atoms with Crippen LogP contribution in [-0.2, 0) is 21.4 Å². The number of benzene rings is 2. The predicted octanol–water partition coefficient (Wildman–Crippen LogP) is 2.47. The number of ether oxygens (including phenoxy) is 2. The lowest BCUT2D eigenvalue weighted by molar-refractivity contribution is -0.384. The van der Waals surface area contributed by atoms with Crippen LogP contribution in [0.3, 0.4) is 0 Å². The lowest BCUT2D eigenvalue weighted by Crippen LogP contribution is -2.32. The van der Waals surface area contributed by atoms with Crippen LogP contribution in [0.2, 0.25) is 0 Å². The zero-order chi connectivity index (χ0) is 23.0. The van der Waals surface area contributed by atoms with Crippen molar-refractivity contribution in [2.75, 3.05) is 31.3 Å². The van der Waals surface area contributed by atoms with Gasteiger partial charge in [0.05, 0.1) is 31.1 Å². The van der Waals surface area contributed by atoms with Crippen LogP contribution in [-0.4, -0.2) is 46.3 Å². The molecule has 10 nitrogen and oxygen atoms in total. The highest BCUT2D eigenvalue weighted by Gasteiger charge is 2.20. The largest absolute Gasteiger partial charge is 0.493 e. The molecule has 0 fully saturated rings. The summed E-state index contributed by atoms with van der Waals surface area (Å²) in [5.74, 6) is 0.886. The van der Waals surface area contributed by atoms with Gasteiger partial charge in [0.25, 0.3) is 5.69 Å². The molecule has 0 bridgehead atoms. The maximum absolute atomic E-state index is 12.2. The van der Waals surface area contributed by atoms with Crippen molar-refractivity contribution in [3.8, 4) is 11.5 Å². The molecule has 0 aliphatic carbocycles. The summed E-state index contributed by atoms with van der Waals surface area (Å²) in [5.41, 5.74) is 0.793.